The Balaban J connectivity index is 1.60. The van der Waals surface area contributed by atoms with Crippen LogP contribution < -0.4 is 10.2 Å². The van der Waals surface area contributed by atoms with Crippen molar-refractivity contribution in [1.29, 1.82) is 0 Å². The smallest absolute Gasteiger partial charge is 0.318 e. The van der Waals surface area contributed by atoms with Crippen LogP contribution in [0.4, 0.5) is 10.5 Å². The molecule has 1 fully saturated rings. The summed E-state index contributed by atoms with van der Waals surface area (Å²) in [7, 11) is 1.53. The molecule has 1 saturated heterocycles. The minimum atomic E-state index is -0.366. The van der Waals surface area contributed by atoms with Crippen LogP contribution in [0.3, 0.4) is 0 Å². The summed E-state index contributed by atoms with van der Waals surface area (Å²) in [6, 6.07) is 16.0. The van der Waals surface area contributed by atoms with Crippen LogP contribution >= 0.6 is 11.6 Å². The number of amides is 4. The second-order valence-electron chi connectivity index (χ2n) is 7.09. The lowest BCUT2D eigenvalue weighted by atomic mass is 10.2. The molecule has 0 aromatic heterocycles. The molecule has 1 N–H and O–H groups in total. The first-order valence-corrected chi connectivity index (χ1v) is 10.2. The quantitative estimate of drug-likeness (QED) is 0.677. The Morgan fingerprint density at radius 3 is 2.52 bits per heavy atom. The molecule has 164 valence electrons. The first-order valence-electron chi connectivity index (χ1n) is 9.87. The molecular formula is C22H25ClN4O4. The third-order valence-electron chi connectivity index (χ3n) is 4.90. The van der Waals surface area contributed by atoms with Crippen molar-refractivity contribution in [2.45, 2.75) is 6.54 Å². The van der Waals surface area contributed by atoms with Crippen LogP contribution in [0, 0.1) is 0 Å². The molecule has 0 saturated carbocycles. The molecule has 31 heavy (non-hydrogen) atoms. The fourth-order valence-corrected chi connectivity index (χ4v) is 3.29. The standard InChI is InChI=1S/C22H25ClN4O4/c1-31-12-11-25(22(30)24-13-17-5-3-2-4-6-17)14-20(28)26-15-21(29)27(16-26)19-9-7-18(23)8-10-19/h2-10H,11-16H2,1H3,(H,24,30). The number of ether oxygens (including phenoxy) is 1. The number of carbonyl (C=O) groups excluding carboxylic acids is 3. The molecule has 0 aliphatic carbocycles. The van der Waals surface area contributed by atoms with Gasteiger partial charge in [0.05, 0.1) is 6.61 Å². The Morgan fingerprint density at radius 1 is 1.13 bits per heavy atom. The fraction of sp³-hybridized carbons (Fsp3) is 0.318. The molecule has 0 unspecified atom stereocenters. The molecule has 2 aromatic rings. The van der Waals surface area contributed by atoms with Crippen LogP contribution in [0.2, 0.25) is 5.02 Å². The average molecular weight is 445 g/mol. The van der Waals surface area contributed by atoms with Gasteiger partial charge in [-0.3, -0.25) is 14.5 Å². The number of hydrogen-bond donors (Lipinski definition) is 1. The van der Waals surface area contributed by atoms with E-state index in [2.05, 4.69) is 5.32 Å². The lowest BCUT2D eigenvalue weighted by molar-refractivity contribution is -0.132. The normalized spacial score (nSPS) is 13.4. The first-order chi connectivity index (χ1) is 15.0. The number of halogens is 1. The summed E-state index contributed by atoms with van der Waals surface area (Å²) < 4.78 is 5.07. The molecule has 0 spiro atoms. The van der Waals surface area contributed by atoms with Crippen molar-refractivity contribution in [3.8, 4) is 0 Å². The lowest BCUT2D eigenvalue weighted by Gasteiger charge is -2.25. The maximum Gasteiger partial charge on any atom is 0.318 e. The molecule has 0 bridgehead atoms. The number of urea groups is 1. The van der Waals surface area contributed by atoms with E-state index >= 15 is 0 Å². The van der Waals surface area contributed by atoms with E-state index in [4.69, 9.17) is 16.3 Å². The number of rotatable bonds is 8. The molecule has 9 heteroatoms. The summed E-state index contributed by atoms with van der Waals surface area (Å²) in [4.78, 5) is 42.2. The second-order valence-corrected chi connectivity index (χ2v) is 7.53. The van der Waals surface area contributed by atoms with E-state index in [-0.39, 0.29) is 44.1 Å². The van der Waals surface area contributed by atoms with Crippen molar-refractivity contribution in [1.82, 2.24) is 15.1 Å². The van der Waals surface area contributed by atoms with E-state index in [9.17, 15) is 14.4 Å². The van der Waals surface area contributed by atoms with Crippen molar-refractivity contribution in [2.75, 3.05) is 44.9 Å². The largest absolute Gasteiger partial charge is 0.383 e. The molecular weight excluding hydrogens is 420 g/mol. The van der Waals surface area contributed by atoms with E-state index in [1.54, 1.807) is 24.3 Å². The predicted octanol–water partition coefficient (Wildman–Crippen LogP) is 2.33. The van der Waals surface area contributed by atoms with Crippen molar-refractivity contribution in [2.24, 2.45) is 0 Å². The van der Waals surface area contributed by atoms with Gasteiger partial charge < -0.3 is 19.9 Å². The highest BCUT2D eigenvalue weighted by Crippen LogP contribution is 2.21. The van der Waals surface area contributed by atoms with Crippen LogP contribution in [0.15, 0.2) is 54.6 Å². The highest BCUT2D eigenvalue weighted by molar-refractivity contribution is 6.30. The summed E-state index contributed by atoms with van der Waals surface area (Å²) in [5.41, 5.74) is 1.62. The molecule has 0 radical (unpaired) electrons. The van der Waals surface area contributed by atoms with Gasteiger partial charge in [0, 0.05) is 30.9 Å². The van der Waals surface area contributed by atoms with Gasteiger partial charge in [-0.25, -0.2) is 4.79 Å². The molecule has 4 amide bonds. The summed E-state index contributed by atoms with van der Waals surface area (Å²) in [6.07, 6.45) is 0. The topological polar surface area (TPSA) is 82.2 Å². The van der Waals surface area contributed by atoms with Crippen molar-refractivity contribution in [3.05, 3.63) is 65.2 Å². The maximum atomic E-state index is 12.8. The van der Waals surface area contributed by atoms with Gasteiger partial charge in [-0.15, -0.1) is 0 Å². The summed E-state index contributed by atoms with van der Waals surface area (Å²) in [6.45, 7) is 0.845. The molecule has 8 nitrogen and oxygen atoms in total. The number of nitrogens with zero attached hydrogens (tertiary/aromatic N) is 3. The third kappa shape index (κ3) is 6.19. The monoisotopic (exact) mass is 444 g/mol. The van der Waals surface area contributed by atoms with E-state index in [0.717, 1.165) is 5.56 Å². The van der Waals surface area contributed by atoms with Gasteiger partial charge in [0.15, 0.2) is 0 Å². The van der Waals surface area contributed by atoms with Crippen LogP contribution in [0.25, 0.3) is 0 Å². The van der Waals surface area contributed by atoms with E-state index in [1.165, 1.54) is 21.8 Å². The van der Waals surface area contributed by atoms with Crippen molar-refractivity contribution < 1.29 is 19.1 Å². The molecule has 1 aliphatic heterocycles. The SMILES string of the molecule is COCCN(CC(=O)N1CC(=O)N(c2ccc(Cl)cc2)C1)C(=O)NCc1ccccc1. The van der Waals surface area contributed by atoms with Crippen LogP contribution in [0.5, 0.6) is 0 Å². The Hall–Kier alpha value is -3.10. The van der Waals surface area contributed by atoms with Gasteiger partial charge in [0.25, 0.3) is 0 Å². The minimum absolute atomic E-state index is 0.0365. The van der Waals surface area contributed by atoms with Gasteiger partial charge in [0.1, 0.15) is 19.8 Å². The Bertz CT molecular complexity index is 907. The van der Waals surface area contributed by atoms with Gasteiger partial charge in [0.2, 0.25) is 11.8 Å². The maximum absolute atomic E-state index is 12.8. The number of benzene rings is 2. The molecule has 0 atom stereocenters. The van der Waals surface area contributed by atoms with Gasteiger partial charge in [-0.05, 0) is 29.8 Å². The molecule has 1 heterocycles. The number of hydrogen-bond acceptors (Lipinski definition) is 4. The Kier molecular flexibility index (Phi) is 7.86. The fourth-order valence-electron chi connectivity index (χ4n) is 3.16. The summed E-state index contributed by atoms with van der Waals surface area (Å²) >= 11 is 5.91. The zero-order chi connectivity index (χ0) is 22.2. The average Bonchev–Trinajstić information content (AvgIpc) is 3.17. The van der Waals surface area contributed by atoms with Crippen molar-refractivity contribution in [3.63, 3.8) is 0 Å². The number of nitrogens with one attached hydrogen (secondary N) is 1. The summed E-state index contributed by atoms with van der Waals surface area (Å²) in [5, 5.41) is 3.39. The third-order valence-corrected chi connectivity index (χ3v) is 5.15. The van der Waals surface area contributed by atoms with E-state index < -0.39 is 0 Å². The number of carbonyl (C=O) groups is 3. The molecule has 1 aliphatic rings. The number of anilines is 1. The zero-order valence-corrected chi connectivity index (χ0v) is 18.0. The number of methoxy groups -OCH3 is 1. The zero-order valence-electron chi connectivity index (χ0n) is 17.3. The van der Waals surface area contributed by atoms with E-state index in [0.29, 0.717) is 23.9 Å². The van der Waals surface area contributed by atoms with Crippen LogP contribution in [-0.4, -0.2) is 67.7 Å². The van der Waals surface area contributed by atoms with Gasteiger partial charge in [-0.2, -0.15) is 0 Å². The molecule has 2 aromatic carbocycles. The lowest BCUT2D eigenvalue weighted by Crippen LogP contribution is -2.47. The highest BCUT2D eigenvalue weighted by Gasteiger charge is 2.33. The Morgan fingerprint density at radius 2 is 1.84 bits per heavy atom. The van der Waals surface area contributed by atoms with Crippen LogP contribution in [-0.2, 0) is 20.9 Å². The van der Waals surface area contributed by atoms with Gasteiger partial charge >= 0.3 is 6.03 Å². The second kappa shape index (κ2) is 10.8. The highest BCUT2D eigenvalue weighted by atomic mass is 35.5. The van der Waals surface area contributed by atoms with Gasteiger partial charge in [-0.1, -0.05) is 41.9 Å². The molecule has 3 rings (SSSR count). The summed E-state index contributed by atoms with van der Waals surface area (Å²) in [5.74, 6) is -0.497. The van der Waals surface area contributed by atoms with Crippen molar-refractivity contribution >= 4 is 35.1 Å². The van der Waals surface area contributed by atoms with E-state index in [1.807, 2.05) is 30.3 Å². The van der Waals surface area contributed by atoms with Crippen LogP contribution in [0.1, 0.15) is 5.56 Å². The minimum Gasteiger partial charge on any atom is -0.383 e. The predicted molar refractivity (Wildman–Crippen MR) is 118 cm³/mol. The Labute approximate surface area is 186 Å². The first kappa shape index (κ1) is 22.6.